The fourth-order valence-electron chi connectivity index (χ4n) is 1.14. The maximum Gasteiger partial charge on any atom is 0.232 e. The van der Waals surface area contributed by atoms with Gasteiger partial charge < -0.3 is 5.11 Å². The molecule has 4 nitrogen and oxygen atoms in total. The van der Waals surface area contributed by atoms with Gasteiger partial charge in [0.2, 0.25) is 10.0 Å². The Labute approximate surface area is 94.2 Å². The Bertz CT molecular complexity index is 459. The molecule has 0 saturated carbocycles. The average molecular weight is 247 g/mol. The lowest BCUT2D eigenvalue weighted by Gasteiger charge is -2.08. The van der Waals surface area contributed by atoms with Crippen molar-refractivity contribution >= 4 is 15.7 Å². The van der Waals surface area contributed by atoms with Crippen LogP contribution in [0.5, 0.6) is 5.75 Å². The number of sulfonamides is 1. The van der Waals surface area contributed by atoms with Crippen molar-refractivity contribution in [3.05, 3.63) is 24.0 Å². The quantitative estimate of drug-likeness (QED) is 0.783. The van der Waals surface area contributed by atoms with Crippen LogP contribution in [0.2, 0.25) is 0 Å². The van der Waals surface area contributed by atoms with Crippen molar-refractivity contribution in [3.8, 4) is 5.75 Å². The number of halogens is 1. The van der Waals surface area contributed by atoms with Gasteiger partial charge >= 0.3 is 0 Å². The summed E-state index contributed by atoms with van der Waals surface area (Å²) < 4.78 is 38.3. The first-order valence-corrected chi connectivity index (χ1v) is 6.59. The number of hydrogen-bond acceptors (Lipinski definition) is 3. The number of unbranched alkanes of at least 4 members (excludes halogenated alkanes) is 1. The molecule has 90 valence electrons. The lowest BCUT2D eigenvalue weighted by atomic mass is 10.3. The first-order valence-electron chi connectivity index (χ1n) is 4.93. The number of phenols is 1. The molecule has 0 spiro atoms. The van der Waals surface area contributed by atoms with Crippen LogP contribution in [0.1, 0.15) is 19.8 Å². The molecule has 0 aliphatic heterocycles. The zero-order valence-electron chi connectivity index (χ0n) is 8.90. The summed E-state index contributed by atoms with van der Waals surface area (Å²) in [6.45, 7) is 1.87. The second-order valence-electron chi connectivity index (χ2n) is 3.44. The largest absolute Gasteiger partial charge is 0.508 e. The van der Waals surface area contributed by atoms with Gasteiger partial charge in [0, 0.05) is 6.07 Å². The molecule has 1 aromatic carbocycles. The Morgan fingerprint density at radius 3 is 2.69 bits per heavy atom. The Hall–Kier alpha value is -1.30. The van der Waals surface area contributed by atoms with Crippen LogP contribution in [-0.4, -0.2) is 19.3 Å². The number of nitrogens with one attached hydrogen (secondary N) is 1. The third kappa shape index (κ3) is 3.69. The van der Waals surface area contributed by atoms with E-state index >= 15 is 0 Å². The number of rotatable bonds is 5. The lowest BCUT2D eigenvalue weighted by molar-refractivity contribution is 0.469. The normalized spacial score (nSPS) is 11.4. The van der Waals surface area contributed by atoms with E-state index in [-0.39, 0.29) is 17.2 Å². The molecule has 0 fully saturated rings. The van der Waals surface area contributed by atoms with Crippen LogP contribution in [-0.2, 0) is 10.0 Å². The molecule has 0 bridgehead atoms. The minimum atomic E-state index is -3.50. The summed E-state index contributed by atoms with van der Waals surface area (Å²) in [6.07, 6.45) is 1.27. The minimum Gasteiger partial charge on any atom is -0.508 e. The van der Waals surface area contributed by atoms with Crippen LogP contribution in [0.4, 0.5) is 10.1 Å². The average Bonchev–Trinajstić information content (AvgIpc) is 2.19. The third-order valence-electron chi connectivity index (χ3n) is 1.98. The van der Waals surface area contributed by atoms with E-state index in [1.54, 1.807) is 0 Å². The van der Waals surface area contributed by atoms with Crippen LogP contribution in [0.3, 0.4) is 0 Å². The van der Waals surface area contributed by atoms with Crippen molar-refractivity contribution in [3.63, 3.8) is 0 Å². The van der Waals surface area contributed by atoms with E-state index in [1.165, 1.54) is 12.1 Å². The summed E-state index contributed by atoms with van der Waals surface area (Å²) in [5.41, 5.74) is -0.145. The molecule has 0 aliphatic rings. The van der Waals surface area contributed by atoms with E-state index in [0.717, 1.165) is 12.5 Å². The van der Waals surface area contributed by atoms with Crippen molar-refractivity contribution in [2.45, 2.75) is 19.8 Å². The Morgan fingerprint density at radius 1 is 1.44 bits per heavy atom. The SMILES string of the molecule is CCCCS(=O)(=O)Nc1ccc(O)cc1F. The van der Waals surface area contributed by atoms with Crippen molar-refractivity contribution < 1.29 is 17.9 Å². The smallest absolute Gasteiger partial charge is 0.232 e. The van der Waals surface area contributed by atoms with Gasteiger partial charge in [0.15, 0.2) is 5.82 Å². The van der Waals surface area contributed by atoms with Gasteiger partial charge in [-0.25, -0.2) is 12.8 Å². The standard InChI is InChI=1S/C10H14FNO3S/c1-2-3-6-16(14,15)12-10-5-4-8(13)7-9(10)11/h4-5,7,12-13H,2-3,6H2,1H3. The summed E-state index contributed by atoms with van der Waals surface area (Å²) in [5, 5.41) is 8.96. The van der Waals surface area contributed by atoms with E-state index in [9.17, 15) is 12.8 Å². The van der Waals surface area contributed by atoms with Crippen molar-refractivity contribution in [1.82, 2.24) is 0 Å². The first-order chi connectivity index (χ1) is 7.44. The van der Waals surface area contributed by atoms with Crippen molar-refractivity contribution in [1.29, 1.82) is 0 Å². The van der Waals surface area contributed by atoms with Gasteiger partial charge in [0.1, 0.15) is 5.75 Å². The molecule has 6 heteroatoms. The summed E-state index contributed by atoms with van der Waals surface area (Å²) >= 11 is 0. The first kappa shape index (κ1) is 12.8. The second kappa shape index (κ2) is 5.16. The molecule has 0 amide bonds. The van der Waals surface area contributed by atoms with E-state index in [4.69, 9.17) is 5.11 Å². The Morgan fingerprint density at radius 2 is 2.12 bits per heavy atom. The molecule has 0 radical (unpaired) electrons. The molecule has 1 rings (SSSR count). The predicted molar refractivity (Wildman–Crippen MR) is 60.4 cm³/mol. The van der Waals surface area contributed by atoms with Gasteiger partial charge in [-0.05, 0) is 18.6 Å². The molecule has 0 aromatic heterocycles. The third-order valence-corrected chi connectivity index (χ3v) is 3.34. The van der Waals surface area contributed by atoms with E-state index in [1.807, 2.05) is 6.92 Å². The van der Waals surface area contributed by atoms with Gasteiger partial charge in [0.25, 0.3) is 0 Å². The predicted octanol–water partition coefficient (Wildman–Crippen LogP) is 2.07. The highest BCUT2D eigenvalue weighted by Crippen LogP contribution is 2.20. The summed E-state index contributed by atoms with van der Waals surface area (Å²) in [7, 11) is -3.50. The molecule has 16 heavy (non-hydrogen) atoms. The summed E-state index contributed by atoms with van der Waals surface area (Å²) in [6, 6.07) is 3.27. The molecule has 1 aromatic rings. The molecule has 0 atom stereocenters. The molecule has 0 aliphatic carbocycles. The summed E-state index contributed by atoms with van der Waals surface area (Å²) in [4.78, 5) is 0. The van der Waals surface area contributed by atoms with Crippen molar-refractivity contribution in [2.24, 2.45) is 0 Å². The Kier molecular flexibility index (Phi) is 4.12. The van der Waals surface area contributed by atoms with E-state index < -0.39 is 15.8 Å². The summed E-state index contributed by atoms with van der Waals surface area (Å²) in [5.74, 6) is -1.07. The molecule has 0 heterocycles. The van der Waals surface area contributed by atoms with Crippen LogP contribution in [0, 0.1) is 5.82 Å². The number of benzene rings is 1. The monoisotopic (exact) mass is 247 g/mol. The second-order valence-corrected chi connectivity index (χ2v) is 5.28. The highest BCUT2D eigenvalue weighted by atomic mass is 32.2. The molecular formula is C10H14FNO3S. The Balaban J connectivity index is 2.80. The molecule has 0 saturated heterocycles. The maximum atomic E-state index is 13.2. The van der Waals surface area contributed by atoms with Gasteiger partial charge in [-0.15, -0.1) is 0 Å². The number of aromatic hydroxyl groups is 1. The lowest BCUT2D eigenvalue weighted by Crippen LogP contribution is -2.17. The minimum absolute atomic E-state index is 0.0379. The van der Waals surface area contributed by atoms with E-state index in [0.29, 0.717) is 6.42 Å². The van der Waals surface area contributed by atoms with E-state index in [2.05, 4.69) is 4.72 Å². The molecule has 2 N–H and O–H groups in total. The fraction of sp³-hybridized carbons (Fsp3) is 0.400. The van der Waals surface area contributed by atoms with Gasteiger partial charge in [-0.3, -0.25) is 4.72 Å². The van der Waals surface area contributed by atoms with Gasteiger partial charge in [-0.1, -0.05) is 13.3 Å². The zero-order valence-corrected chi connectivity index (χ0v) is 9.72. The van der Waals surface area contributed by atoms with Crippen LogP contribution >= 0.6 is 0 Å². The molecule has 0 unspecified atom stereocenters. The zero-order chi connectivity index (χ0) is 12.2. The van der Waals surface area contributed by atoms with Gasteiger partial charge in [0.05, 0.1) is 11.4 Å². The number of phenolic OH excluding ortho intramolecular Hbond substituents is 1. The van der Waals surface area contributed by atoms with Crippen LogP contribution in [0.15, 0.2) is 18.2 Å². The highest BCUT2D eigenvalue weighted by molar-refractivity contribution is 7.92. The number of hydrogen-bond donors (Lipinski definition) is 2. The number of anilines is 1. The van der Waals surface area contributed by atoms with Crippen LogP contribution in [0.25, 0.3) is 0 Å². The molecular weight excluding hydrogens is 233 g/mol. The van der Waals surface area contributed by atoms with Gasteiger partial charge in [-0.2, -0.15) is 0 Å². The highest BCUT2D eigenvalue weighted by Gasteiger charge is 2.12. The topological polar surface area (TPSA) is 66.4 Å². The van der Waals surface area contributed by atoms with Crippen LogP contribution < -0.4 is 4.72 Å². The maximum absolute atomic E-state index is 13.2. The fourth-order valence-corrected chi connectivity index (χ4v) is 2.41. The van der Waals surface area contributed by atoms with Crippen molar-refractivity contribution in [2.75, 3.05) is 10.5 Å².